The van der Waals surface area contributed by atoms with E-state index < -0.39 is 0 Å². The Morgan fingerprint density at radius 1 is 1.14 bits per heavy atom. The first-order chi connectivity index (χ1) is 10.3. The average molecular weight is 294 g/mol. The summed E-state index contributed by atoms with van der Waals surface area (Å²) in [6.07, 6.45) is 5.98. The highest BCUT2D eigenvalue weighted by molar-refractivity contribution is 5.21. The van der Waals surface area contributed by atoms with Gasteiger partial charge in [-0.2, -0.15) is 0 Å². The summed E-state index contributed by atoms with van der Waals surface area (Å²) in [5, 5.41) is 3.41. The lowest BCUT2D eigenvalue weighted by Crippen LogP contribution is -2.41. The van der Waals surface area contributed by atoms with Gasteiger partial charge in [0.15, 0.2) is 0 Å². The fourth-order valence-electron chi connectivity index (χ4n) is 2.79. The van der Waals surface area contributed by atoms with E-state index in [1.807, 2.05) is 0 Å². The molecule has 2 rings (SSSR count). The number of halogens is 1. The third-order valence-corrected chi connectivity index (χ3v) is 4.17. The maximum absolute atomic E-state index is 12.7. The zero-order chi connectivity index (χ0) is 14.9. The summed E-state index contributed by atoms with van der Waals surface area (Å²) in [6, 6.07) is 6.98. The Morgan fingerprint density at radius 2 is 1.86 bits per heavy atom. The SMILES string of the molecule is CN(CCCCCOc1ccc(F)cc1)C1CCNCC1. The Labute approximate surface area is 127 Å². The number of hydrogen-bond donors (Lipinski definition) is 1. The Hall–Kier alpha value is -1.13. The van der Waals surface area contributed by atoms with Gasteiger partial charge in [0.25, 0.3) is 0 Å². The zero-order valence-electron chi connectivity index (χ0n) is 13.0. The van der Waals surface area contributed by atoms with Crippen molar-refractivity contribution in [3.05, 3.63) is 30.1 Å². The van der Waals surface area contributed by atoms with Crippen LogP contribution in [0.5, 0.6) is 5.75 Å². The lowest BCUT2D eigenvalue weighted by Gasteiger charge is -2.31. The third kappa shape index (κ3) is 6.02. The van der Waals surface area contributed by atoms with Gasteiger partial charge in [0, 0.05) is 6.04 Å². The molecule has 0 unspecified atom stereocenters. The number of benzene rings is 1. The maximum Gasteiger partial charge on any atom is 0.123 e. The largest absolute Gasteiger partial charge is 0.494 e. The van der Waals surface area contributed by atoms with Gasteiger partial charge in [-0.15, -0.1) is 0 Å². The highest BCUT2D eigenvalue weighted by atomic mass is 19.1. The van der Waals surface area contributed by atoms with Crippen molar-refractivity contribution in [3.63, 3.8) is 0 Å². The van der Waals surface area contributed by atoms with E-state index >= 15 is 0 Å². The van der Waals surface area contributed by atoms with Crippen LogP contribution in [-0.4, -0.2) is 44.2 Å². The second-order valence-corrected chi connectivity index (χ2v) is 5.82. The van der Waals surface area contributed by atoms with Gasteiger partial charge in [-0.25, -0.2) is 4.39 Å². The molecule has 0 atom stereocenters. The van der Waals surface area contributed by atoms with Gasteiger partial charge in [0.1, 0.15) is 11.6 Å². The molecule has 1 aromatic rings. The van der Waals surface area contributed by atoms with Crippen molar-refractivity contribution in [1.82, 2.24) is 10.2 Å². The summed E-state index contributed by atoms with van der Waals surface area (Å²) >= 11 is 0. The van der Waals surface area contributed by atoms with E-state index in [9.17, 15) is 4.39 Å². The average Bonchev–Trinajstić information content (AvgIpc) is 2.53. The number of nitrogens with zero attached hydrogens (tertiary/aromatic N) is 1. The van der Waals surface area contributed by atoms with Crippen LogP contribution in [0.25, 0.3) is 0 Å². The highest BCUT2D eigenvalue weighted by Crippen LogP contribution is 2.13. The van der Waals surface area contributed by atoms with Gasteiger partial charge < -0.3 is 15.0 Å². The van der Waals surface area contributed by atoms with Crippen molar-refractivity contribution in [2.24, 2.45) is 0 Å². The van der Waals surface area contributed by atoms with E-state index in [0.717, 1.165) is 31.3 Å². The minimum absolute atomic E-state index is 0.219. The van der Waals surface area contributed by atoms with E-state index in [0.29, 0.717) is 6.61 Å². The quantitative estimate of drug-likeness (QED) is 0.746. The number of nitrogens with one attached hydrogen (secondary N) is 1. The summed E-state index contributed by atoms with van der Waals surface area (Å²) in [5.41, 5.74) is 0. The smallest absolute Gasteiger partial charge is 0.123 e. The maximum atomic E-state index is 12.7. The van der Waals surface area contributed by atoms with Gasteiger partial charge in [0.2, 0.25) is 0 Å². The fraction of sp³-hybridized carbons (Fsp3) is 0.647. The molecule has 0 amide bonds. The van der Waals surface area contributed by atoms with Crippen molar-refractivity contribution in [1.29, 1.82) is 0 Å². The minimum atomic E-state index is -0.219. The topological polar surface area (TPSA) is 24.5 Å². The minimum Gasteiger partial charge on any atom is -0.494 e. The first-order valence-corrected chi connectivity index (χ1v) is 8.05. The highest BCUT2D eigenvalue weighted by Gasteiger charge is 2.16. The van der Waals surface area contributed by atoms with Crippen LogP contribution in [0.1, 0.15) is 32.1 Å². The van der Waals surface area contributed by atoms with Crippen molar-refractivity contribution >= 4 is 0 Å². The Balaban J connectivity index is 1.50. The Kier molecular flexibility index (Phi) is 6.96. The number of piperidine rings is 1. The second kappa shape index (κ2) is 9.00. The molecule has 1 saturated heterocycles. The molecule has 1 N–H and O–H groups in total. The lowest BCUT2D eigenvalue weighted by atomic mass is 10.1. The van der Waals surface area contributed by atoms with Crippen LogP contribution in [0.4, 0.5) is 4.39 Å². The van der Waals surface area contributed by atoms with E-state index in [1.165, 1.54) is 44.4 Å². The van der Waals surface area contributed by atoms with Crippen molar-refractivity contribution in [2.75, 3.05) is 33.3 Å². The number of rotatable bonds is 8. The molecule has 1 aliphatic heterocycles. The predicted molar refractivity (Wildman–Crippen MR) is 84.3 cm³/mol. The molecular weight excluding hydrogens is 267 g/mol. The van der Waals surface area contributed by atoms with Crippen LogP contribution in [0.2, 0.25) is 0 Å². The fourth-order valence-corrected chi connectivity index (χ4v) is 2.79. The van der Waals surface area contributed by atoms with Gasteiger partial charge in [-0.05, 0) is 83.1 Å². The summed E-state index contributed by atoms with van der Waals surface area (Å²) < 4.78 is 18.3. The van der Waals surface area contributed by atoms with E-state index in [4.69, 9.17) is 4.74 Å². The molecule has 1 aliphatic rings. The Bertz CT molecular complexity index is 390. The summed E-state index contributed by atoms with van der Waals surface area (Å²) in [5.74, 6) is 0.534. The molecule has 4 heteroatoms. The number of hydrogen-bond acceptors (Lipinski definition) is 3. The standard InChI is InChI=1S/C17H27FN2O/c1-20(16-9-11-19-12-10-16)13-3-2-4-14-21-17-7-5-15(18)6-8-17/h5-8,16,19H,2-4,9-14H2,1H3. The molecule has 1 heterocycles. The number of unbranched alkanes of at least 4 members (excludes halogenated alkanes) is 2. The monoisotopic (exact) mass is 294 g/mol. The van der Waals surface area contributed by atoms with Crippen molar-refractivity contribution in [2.45, 2.75) is 38.1 Å². The normalized spacial score (nSPS) is 16.3. The predicted octanol–water partition coefficient (Wildman–Crippen LogP) is 3.06. The molecule has 1 aromatic carbocycles. The first-order valence-electron chi connectivity index (χ1n) is 8.05. The number of ether oxygens (including phenoxy) is 1. The van der Waals surface area contributed by atoms with Crippen molar-refractivity contribution in [3.8, 4) is 5.75 Å². The van der Waals surface area contributed by atoms with Crippen LogP contribution in [-0.2, 0) is 0 Å². The van der Waals surface area contributed by atoms with Crippen LogP contribution in [0, 0.1) is 5.82 Å². The summed E-state index contributed by atoms with van der Waals surface area (Å²) in [4.78, 5) is 2.50. The second-order valence-electron chi connectivity index (χ2n) is 5.82. The zero-order valence-corrected chi connectivity index (χ0v) is 13.0. The third-order valence-electron chi connectivity index (χ3n) is 4.17. The van der Waals surface area contributed by atoms with E-state index in [-0.39, 0.29) is 5.82 Å². The molecule has 3 nitrogen and oxygen atoms in total. The molecular formula is C17H27FN2O. The van der Waals surface area contributed by atoms with Crippen molar-refractivity contribution < 1.29 is 9.13 Å². The molecule has 0 aliphatic carbocycles. The summed E-state index contributed by atoms with van der Waals surface area (Å²) in [6.45, 7) is 4.19. The molecule has 0 aromatic heterocycles. The van der Waals surface area contributed by atoms with Gasteiger partial charge in [-0.3, -0.25) is 0 Å². The molecule has 21 heavy (non-hydrogen) atoms. The van der Waals surface area contributed by atoms with Gasteiger partial charge in [-0.1, -0.05) is 0 Å². The molecule has 0 saturated carbocycles. The van der Waals surface area contributed by atoms with E-state index in [2.05, 4.69) is 17.3 Å². The molecule has 1 fully saturated rings. The molecule has 0 bridgehead atoms. The van der Waals surface area contributed by atoms with Crippen LogP contribution in [0.3, 0.4) is 0 Å². The van der Waals surface area contributed by atoms with Crippen LogP contribution < -0.4 is 10.1 Å². The van der Waals surface area contributed by atoms with E-state index in [1.54, 1.807) is 12.1 Å². The van der Waals surface area contributed by atoms with Gasteiger partial charge in [0.05, 0.1) is 6.61 Å². The summed E-state index contributed by atoms with van der Waals surface area (Å²) in [7, 11) is 2.24. The molecule has 0 spiro atoms. The molecule has 0 radical (unpaired) electrons. The van der Waals surface area contributed by atoms with Crippen LogP contribution in [0.15, 0.2) is 24.3 Å². The van der Waals surface area contributed by atoms with Crippen LogP contribution >= 0.6 is 0 Å². The first kappa shape index (κ1) is 16.2. The lowest BCUT2D eigenvalue weighted by molar-refractivity contribution is 0.194. The molecule has 118 valence electrons. The van der Waals surface area contributed by atoms with Gasteiger partial charge >= 0.3 is 0 Å². The Morgan fingerprint density at radius 3 is 2.57 bits per heavy atom.